The van der Waals surface area contributed by atoms with Crippen molar-refractivity contribution in [2.75, 3.05) is 11.5 Å². The molecule has 0 aliphatic carbocycles. The number of anilines is 1. The zero-order valence-electron chi connectivity index (χ0n) is 10.4. The normalized spacial score (nSPS) is 11.2. The third-order valence-corrected chi connectivity index (χ3v) is 2.73. The van der Waals surface area contributed by atoms with Crippen LogP contribution >= 0.6 is 11.8 Å². The first-order valence-electron chi connectivity index (χ1n) is 5.37. The number of nitrogens with zero attached hydrogens (tertiary/aromatic N) is 1. The van der Waals surface area contributed by atoms with E-state index >= 15 is 0 Å². The molecule has 0 atom stereocenters. The lowest BCUT2D eigenvalue weighted by Gasteiger charge is -2.19. The summed E-state index contributed by atoms with van der Waals surface area (Å²) in [5.41, 5.74) is 6.11. The van der Waals surface area contributed by atoms with Crippen LogP contribution < -0.4 is 5.73 Å². The summed E-state index contributed by atoms with van der Waals surface area (Å²) >= 11 is 1.51. The molecule has 0 amide bonds. The van der Waals surface area contributed by atoms with Crippen LogP contribution in [-0.4, -0.2) is 22.3 Å². The van der Waals surface area contributed by atoms with E-state index in [1.54, 1.807) is 12.3 Å². The Hall–Kier alpha value is -1.23. The van der Waals surface area contributed by atoms with Gasteiger partial charge in [-0.3, -0.25) is 4.79 Å². The summed E-state index contributed by atoms with van der Waals surface area (Å²) < 4.78 is 5.20. The summed E-state index contributed by atoms with van der Waals surface area (Å²) in [6.45, 7) is 5.58. The molecule has 0 spiro atoms. The first kappa shape index (κ1) is 13.8. The minimum absolute atomic E-state index is 0.189. The van der Waals surface area contributed by atoms with Crippen molar-refractivity contribution in [1.29, 1.82) is 0 Å². The fourth-order valence-electron chi connectivity index (χ4n) is 1.14. The second kappa shape index (κ2) is 5.91. The van der Waals surface area contributed by atoms with Gasteiger partial charge in [-0.2, -0.15) is 0 Å². The number of nitrogens with two attached hydrogens (primary N) is 1. The van der Waals surface area contributed by atoms with Gasteiger partial charge in [-0.15, -0.1) is 11.8 Å². The SMILES string of the molecule is CC(C)(C)OC(=O)CSCc1ccc(N)nc1. The number of ether oxygens (including phenoxy) is 1. The van der Waals surface area contributed by atoms with E-state index in [0.29, 0.717) is 11.6 Å². The minimum atomic E-state index is -0.416. The van der Waals surface area contributed by atoms with E-state index in [1.807, 2.05) is 26.8 Å². The fourth-order valence-corrected chi connectivity index (χ4v) is 1.88. The maximum Gasteiger partial charge on any atom is 0.316 e. The van der Waals surface area contributed by atoms with E-state index in [0.717, 1.165) is 11.3 Å². The van der Waals surface area contributed by atoms with E-state index in [4.69, 9.17) is 10.5 Å². The molecule has 0 saturated carbocycles. The summed E-state index contributed by atoms with van der Waals surface area (Å²) in [5, 5.41) is 0. The molecule has 0 aliphatic rings. The van der Waals surface area contributed by atoms with Gasteiger partial charge in [0.2, 0.25) is 0 Å². The maximum absolute atomic E-state index is 11.4. The van der Waals surface area contributed by atoms with Crippen molar-refractivity contribution in [2.24, 2.45) is 0 Å². The molecular formula is C12H18N2O2S. The maximum atomic E-state index is 11.4. The Labute approximate surface area is 106 Å². The van der Waals surface area contributed by atoms with Gasteiger partial charge in [0.05, 0.1) is 5.75 Å². The average Bonchev–Trinajstić information content (AvgIpc) is 2.18. The molecule has 94 valence electrons. The van der Waals surface area contributed by atoms with Gasteiger partial charge in [-0.05, 0) is 32.4 Å². The number of hydrogen-bond acceptors (Lipinski definition) is 5. The largest absolute Gasteiger partial charge is 0.459 e. The lowest BCUT2D eigenvalue weighted by atomic mass is 10.2. The minimum Gasteiger partial charge on any atom is -0.459 e. The van der Waals surface area contributed by atoms with E-state index < -0.39 is 5.60 Å². The quantitative estimate of drug-likeness (QED) is 0.835. The highest BCUT2D eigenvalue weighted by molar-refractivity contribution is 7.99. The van der Waals surface area contributed by atoms with Crippen molar-refractivity contribution in [1.82, 2.24) is 4.98 Å². The van der Waals surface area contributed by atoms with Crippen molar-refractivity contribution >= 4 is 23.5 Å². The highest BCUT2D eigenvalue weighted by Crippen LogP contribution is 2.14. The molecule has 0 aromatic carbocycles. The zero-order chi connectivity index (χ0) is 12.9. The number of esters is 1. The summed E-state index contributed by atoms with van der Waals surface area (Å²) in [7, 11) is 0. The van der Waals surface area contributed by atoms with Gasteiger partial charge in [-0.25, -0.2) is 4.98 Å². The van der Waals surface area contributed by atoms with Crippen molar-refractivity contribution in [2.45, 2.75) is 32.1 Å². The van der Waals surface area contributed by atoms with Crippen molar-refractivity contribution in [3.05, 3.63) is 23.9 Å². The van der Waals surface area contributed by atoms with Crippen LogP contribution in [0, 0.1) is 0 Å². The standard InChI is InChI=1S/C12H18N2O2S/c1-12(2,3)16-11(15)8-17-7-9-4-5-10(13)14-6-9/h4-6H,7-8H2,1-3H3,(H2,13,14). The van der Waals surface area contributed by atoms with Gasteiger partial charge in [0, 0.05) is 11.9 Å². The van der Waals surface area contributed by atoms with Gasteiger partial charge >= 0.3 is 5.97 Å². The summed E-state index contributed by atoms with van der Waals surface area (Å²) in [4.78, 5) is 15.4. The third-order valence-electron chi connectivity index (χ3n) is 1.76. The molecule has 0 fully saturated rings. The number of nitrogen functional groups attached to an aromatic ring is 1. The molecule has 1 aromatic heterocycles. The molecule has 1 heterocycles. The number of aromatic nitrogens is 1. The molecule has 2 N–H and O–H groups in total. The van der Waals surface area contributed by atoms with Crippen LogP contribution in [0.3, 0.4) is 0 Å². The Kier molecular flexibility index (Phi) is 4.81. The average molecular weight is 254 g/mol. The molecule has 17 heavy (non-hydrogen) atoms. The number of rotatable bonds is 4. The smallest absolute Gasteiger partial charge is 0.316 e. The number of carbonyl (C=O) groups excluding carboxylic acids is 1. The molecule has 5 heteroatoms. The molecule has 0 bridgehead atoms. The van der Waals surface area contributed by atoms with Crippen LogP contribution in [0.4, 0.5) is 5.82 Å². The van der Waals surface area contributed by atoms with Crippen molar-refractivity contribution in [3.63, 3.8) is 0 Å². The monoisotopic (exact) mass is 254 g/mol. The van der Waals surface area contributed by atoms with E-state index in [-0.39, 0.29) is 5.97 Å². The van der Waals surface area contributed by atoms with Crippen LogP contribution in [0.5, 0.6) is 0 Å². The van der Waals surface area contributed by atoms with Gasteiger partial charge in [0.15, 0.2) is 0 Å². The molecular weight excluding hydrogens is 236 g/mol. The highest BCUT2D eigenvalue weighted by Gasteiger charge is 2.15. The second-order valence-corrected chi connectivity index (χ2v) is 5.66. The predicted octanol–water partition coefficient (Wildman–Crippen LogP) is 2.24. The summed E-state index contributed by atoms with van der Waals surface area (Å²) in [5.74, 6) is 1.39. The Balaban J connectivity index is 2.28. The van der Waals surface area contributed by atoms with Gasteiger partial charge in [0.1, 0.15) is 11.4 Å². The topological polar surface area (TPSA) is 65.2 Å². The Bertz CT molecular complexity index is 371. The molecule has 0 radical (unpaired) electrons. The summed E-state index contributed by atoms with van der Waals surface area (Å²) in [6, 6.07) is 3.66. The summed E-state index contributed by atoms with van der Waals surface area (Å²) in [6.07, 6.45) is 1.72. The molecule has 0 saturated heterocycles. The number of carbonyl (C=O) groups is 1. The van der Waals surface area contributed by atoms with Crippen LogP contribution in [0.25, 0.3) is 0 Å². The Morgan fingerprint density at radius 3 is 2.71 bits per heavy atom. The second-order valence-electron chi connectivity index (χ2n) is 4.67. The van der Waals surface area contributed by atoms with Gasteiger partial charge < -0.3 is 10.5 Å². The first-order valence-corrected chi connectivity index (χ1v) is 6.52. The first-order chi connectivity index (χ1) is 7.87. The van der Waals surface area contributed by atoms with E-state index in [1.165, 1.54) is 11.8 Å². The van der Waals surface area contributed by atoms with Crippen molar-refractivity contribution < 1.29 is 9.53 Å². The molecule has 0 aliphatic heterocycles. The molecule has 1 rings (SSSR count). The van der Waals surface area contributed by atoms with Crippen LogP contribution in [0.15, 0.2) is 18.3 Å². The number of pyridine rings is 1. The third kappa shape index (κ3) is 6.16. The zero-order valence-corrected chi connectivity index (χ0v) is 11.2. The van der Waals surface area contributed by atoms with Crippen molar-refractivity contribution in [3.8, 4) is 0 Å². The molecule has 1 aromatic rings. The van der Waals surface area contributed by atoms with Crippen LogP contribution in [-0.2, 0) is 15.3 Å². The van der Waals surface area contributed by atoms with Gasteiger partial charge in [0.25, 0.3) is 0 Å². The van der Waals surface area contributed by atoms with Crippen LogP contribution in [0.1, 0.15) is 26.3 Å². The Morgan fingerprint density at radius 2 is 2.18 bits per heavy atom. The highest BCUT2D eigenvalue weighted by atomic mass is 32.2. The number of hydrogen-bond donors (Lipinski definition) is 1. The molecule has 0 unspecified atom stereocenters. The number of thioether (sulfide) groups is 1. The lowest BCUT2D eigenvalue weighted by molar-refractivity contribution is -0.151. The van der Waals surface area contributed by atoms with E-state index in [2.05, 4.69) is 4.98 Å². The van der Waals surface area contributed by atoms with Gasteiger partial charge in [-0.1, -0.05) is 6.07 Å². The fraction of sp³-hybridized carbons (Fsp3) is 0.500. The molecule has 4 nitrogen and oxygen atoms in total. The lowest BCUT2D eigenvalue weighted by Crippen LogP contribution is -2.24. The predicted molar refractivity (Wildman–Crippen MR) is 70.7 cm³/mol. The van der Waals surface area contributed by atoms with Crippen LogP contribution in [0.2, 0.25) is 0 Å². The van der Waals surface area contributed by atoms with E-state index in [9.17, 15) is 4.79 Å². The Morgan fingerprint density at radius 1 is 1.47 bits per heavy atom.